The van der Waals surface area contributed by atoms with Gasteiger partial charge in [0.05, 0.1) is 22.1 Å². The van der Waals surface area contributed by atoms with Gasteiger partial charge in [0.1, 0.15) is 10.9 Å². The molecule has 0 atom stereocenters. The van der Waals surface area contributed by atoms with Crippen molar-refractivity contribution >= 4 is 62.2 Å². The molecule has 0 unspecified atom stereocenters. The molecule has 0 aromatic heterocycles. The van der Waals surface area contributed by atoms with Crippen LogP contribution in [0.2, 0.25) is 0 Å². The number of carbonyl (C=O) groups excluding carboxylic acids is 1. The van der Waals surface area contributed by atoms with Crippen molar-refractivity contribution in [3.05, 3.63) is 62.5 Å². The van der Waals surface area contributed by atoms with Gasteiger partial charge in [-0.15, -0.1) is 0 Å². The minimum Gasteiger partial charge on any atom is -0.493 e. The van der Waals surface area contributed by atoms with Gasteiger partial charge in [0.2, 0.25) is 0 Å². The third-order valence-electron chi connectivity index (χ3n) is 4.32. The molecule has 0 radical (unpaired) electrons. The van der Waals surface area contributed by atoms with E-state index in [0.717, 1.165) is 11.1 Å². The Balaban J connectivity index is 1.81. The largest absolute Gasteiger partial charge is 0.493 e. The van der Waals surface area contributed by atoms with Crippen LogP contribution in [0, 0.1) is 0 Å². The van der Waals surface area contributed by atoms with E-state index in [4.69, 9.17) is 26.8 Å². The normalized spacial score (nSPS) is 15.0. The number of nitrogens with zero attached hydrogens (tertiary/aromatic N) is 1. The molecule has 9 heteroatoms. The van der Waals surface area contributed by atoms with Gasteiger partial charge in [-0.3, -0.25) is 9.69 Å². The summed E-state index contributed by atoms with van der Waals surface area (Å²) in [6.07, 6.45) is 1.77. The van der Waals surface area contributed by atoms with Crippen LogP contribution in [0.15, 0.2) is 45.8 Å². The first-order valence-electron chi connectivity index (χ1n) is 8.92. The number of halogens is 1. The molecular formula is C21H18BrNO5S2. The van der Waals surface area contributed by atoms with E-state index < -0.39 is 5.97 Å². The van der Waals surface area contributed by atoms with Crippen molar-refractivity contribution in [3.63, 3.8) is 0 Å². The predicted molar refractivity (Wildman–Crippen MR) is 124 cm³/mol. The highest BCUT2D eigenvalue weighted by Gasteiger charge is 2.30. The average Bonchev–Trinajstić information content (AvgIpc) is 2.99. The summed E-state index contributed by atoms with van der Waals surface area (Å²) in [4.78, 5) is 25.5. The molecular weight excluding hydrogens is 490 g/mol. The van der Waals surface area contributed by atoms with Crippen LogP contribution in [-0.4, -0.2) is 39.9 Å². The molecule has 30 heavy (non-hydrogen) atoms. The predicted octanol–water partition coefficient (Wildman–Crippen LogP) is 4.96. The lowest BCUT2D eigenvalue weighted by Crippen LogP contribution is -2.27. The maximum absolute atomic E-state index is 12.4. The quantitative estimate of drug-likeness (QED) is 0.419. The number of carboxylic acid groups (broad SMARTS) is 1. The lowest BCUT2D eigenvalue weighted by Gasteiger charge is -2.14. The monoisotopic (exact) mass is 507 g/mol. The minimum absolute atomic E-state index is 0.104. The average molecular weight is 508 g/mol. The number of methoxy groups -OCH3 is 1. The van der Waals surface area contributed by atoms with Crippen LogP contribution in [0.25, 0.3) is 6.08 Å². The summed E-state index contributed by atoms with van der Waals surface area (Å²) in [5.74, 6) is -0.0622. The summed E-state index contributed by atoms with van der Waals surface area (Å²) in [6.45, 7) is 2.66. The van der Waals surface area contributed by atoms with E-state index in [0.29, 0.717) is 31.7 Å². The first-order valence-corrected chi connectivity index (χ1v) is 10.9. The van der Waals surface area contributed by atoms with Crippen molar-refractivity contribution in [2.24, 2.45) is 0 Å². The Hall–Kier alpha value is -2.36. The van der Waals surface area contributed by atoms with Crippen LogP contribution in [0.1, 0.15) is 28.4 Å². The van der Waals surface area contributed by atoms with Gasteiger partial charge in [-0.2, -0.15) is 0 Å². The molecule has 0 spiro atoms. The highest BCUT2D eigenvalue weighted by Crippen LogP contribution is 2.39. The molecule has 2 aromatic rings. The molecule has 1 N–H and O–H groups in total. The molecule has 1 aliphatic heterocycles. The van der Waals surface area contributed by atoms with Crippen LogP contribution >= 0.6 is 39.9 Å². The first kappa shape index (κ1) is 22.3. The summed E-state index contributed by atoms with van der Waals surface area (Å²) >= 11 is 10.0. The Morgan fingerprint density at radius 1 is 1.30 bits per heavy atom. The number of thiocarbonyl (C=S) groups is 1. The zero-order chi connectivity index (χ0) is 21.8. The zero-order valence-corrected chi connectivity index (χ0v) is 19.4. The maximum Gasteiger partial charge on any atom is 0.335 e. The molecule has 6 nitrogen and oxygen atoms in total. The number of amides is 1. The van der Waals surface area contributed by atoms with E-state index in [9.17, 15) is 9.59 Å². The number of thioether (sulfide) groups is 1. The van der Waals surface area contributed by atoms with Crippen LogP contribution in [-0.2, 0) is 11.4 Å². The SMILES string of the molecule is CCN1C(=O)/C(=C/c2cc(Br)c(OCc3ccc(C(=O)O)cc3)c(OC)c2)SC1=S. The Kier molecular flexibility index (Phi) is 7.17. The molecule has 2 aromatic carbocycles. The second-order valence-electron chi connectivity index (χ2n) is 6.25. The molecule has 3 rings (SSSR count). The second kappa shape index (κ2) is 9.63. The topological polar surface area (TPSA) is 76.1 Å². The van der Waals surface area contributed by atoms with Gasteiger partial charge in [0.15, 0.2) is 11.5 Å². The van der Waals surface area contributed by atoms with Crippen LogP contribution in [0.4, 0.5) is 0 Å². The van der Waals surface area contributed by atoms with Crippen molar-refractivity contribution in [2.45, 2.75) is 13.5 Å². The molecule has 1 saturated heterocycles. The van der Waals surface area contributed by atoms with E-state index in [-0.39, 0.29) is 18.1 Å². The summed E-state index contributed by atoms with van der Waals surface area (Å²) < 4.78 is 12.6. The third kappa shape index (κ3) is 4.85. The van der Waals surface area contributed by atoms with Gasteiger partial charge in [-0.25, -0.2) is 4.79 Å². The van der Waals surface area contributed by atoms with E-state index in [2.05, 4.69) is 15.9 Å². The Bertz CT molecular complexity index is 1040. The van der Waals surface area contributed by atoms with Crippen LogP contribution in [0.3, 0.4) is 0 Å². The molecule has 0 saturated carbocycles. The van der Waals surface area contributed by atoms with Gasteiger partial charge < -0.3 is 14.6 Å². The first-order chi connectivity index (χ1) is 14.3. The standard InChI is InChI=1S/C21H18BrNO5S2/c1-3-23-19(24)17(30-21(23)29)10-13-8-15(22)18(16(9-13)27-2)28-11-12-4-6-14(7-5-12)20(25)26/h4-10H,3,11H2,1-2H3,(H,25,26)/b17-10-. The van der Waals surface area contributed by atoms with E-state index >= 15 is 0 Å². The number of carbonyl (C=O) groups is 2. The van der Waals surface area contributed by atoms with Crippen molar-refractivity contribution in [3.8, 4) is 11.5 Å². The number of carboxylic acids is 1. The number of aromatic carboxylic acids is 1. The van der Waals surface area contributed by atoms with E-state index in [1.165, 1.54) is 31.0 Å². The third-order valence-corrected chi connectivity index (χ3v) is 6.29. The molecule has 1 aliphatic rings. The summed E-state index contributed by atoms with van der Waals surface area (Å²) in [6, 6.07) is 10.1. The van der Waals surface area contributed by atoms with Crippen molar-refractivity contribution in [1.82, 2.24) is 4.90 Å². The van der Waals surface area contributed by atoms with Gasteiger partial charge in [0, 0.05) is 6.54 Å². The number of hydrogen-bond acceptors (Lipinski definition) is 6. The Labute approximate surface area is 192 Å². The van der Waals surface area contributed by atoms with Gasteiger partial charge >= 0.3 is 5.97 Å². The van der Waals surface area contributed by atoms with Crippen molar-refractivity contribution in [2.75, 3.05) is 13.7 Å². The van der Waals surface area contributed by atoms with Gasteiger partial charge in [-0.05, 0) is 64.3 Å². The second-order valence-corrected chi connectivity index (χ2v) is 8.78. The number of likely N-dealkylation sites (N-methyl/N-ethyl adjacent to an activating group) is 1. The number of benzene rings is 2. The van der Waals surface area contributed by atoms with E-state index in [1.807, 2.05) is 13.0 Å². The highest BCUT2D eigenvalue weighted by atomic mass is 79.9. The number of rotatable bonds is 7. The minimum atomic E-state index is -0.974. The molecule has 0 aliphatic carbocycles. The van der Waals surface area contributed by atoms with E-state index in [1.54, 1.807) is 29.2 Å². The summed E-state index contributed by atoms with van der Waals surface area (Å²) in [7, 11) is 1.54. The fourth-order valence-electron chi connectivity index (χ4n) is 2.79. The lowest BCUT2D eigenvalue weighted by atomic mass is 10.1. The maximum atomic E-state index is 12.4. The van der Waals surface area contributed by atoms with Gasteiger partial charge in [0.25, 0.3) is 5.91 Å². The molecule has 156 valence electrons. The zero-order valence-electron chi connectivity index (χ0n) is 16.2. The van der Waals surface area contributed by atoms with Crippen molar-refractivity contribution in [1.29, 1.82) is 0 Å². The highest BCUT2D eigenvalue weighted by molar-refractivity contribution is 9.10. The van der Waals surface area contributed by atoms with Crippen LogP contribution < -0.4 is 9.47 Å². The molecule has 0 bridgehead atoms. The molecule has 1 amide bonds. The number of hydrogen-bond donors (Lipinski definition) is 1. The van der Waals surface area contributed by atoms with Crippen LogP contribution in [0.5, 0.6) is 11.5 Å². The van der Waals surface area contributed by atoms with Crippen molar-refractivity contribution < 1.29 is 24.2 Å². The summed E-state index contributed by atoms with van der Waals surface area (Å²) in [5.41, 5.74) is 1.81. The lowest BCUT2D eigenvalue weighted by molar-refractivity contribution is -0.121. The fourth-order valence-corrected chi connectivity index (χ4v) is 4.74. The van der Waals surface area contributed by atoms with Gasteiger partial charge in [-0.1, -0.05) is 36.1 Å². The Morgan fingerprint density at radius 3 is 2.57 bits per heavy atom. The smallest absolute Gasteiger partial charge is 0.335 e. The number of ether oxygens (including phenoxy) is 2. The molecule has 1 fully saturated rings. The Morgan fingerprint density at radius 2 is 2.00 bits per heavy atom. The fraction of sp³-hybridized carbons (Fsp3) is 0.190. The molecule has 1 heterocycles. The summed E-state index contributed by atoms with van der Waals surface area (Å²) in [5, 5.41) is 8.98.